The van der Waals surface area contributed by atoms with E-state index in [1.807, 2.05) is 0 Å². The molecule has 0 radical (unpaired) electrons. The van der Waals surface area contributed by atoms with Crippen LogP contribution in [-0.2, 0) is 0 Å². The van der Waals surface area contributed by atoms with Crippen molar-refractivity contribution in [3.05, 3.63) is 12.2 Å². The normalized spacial score (nSPS) is 11.7. The molecule has 0 saturated heterocycles. The average Bonchev–Trinajstić information content (AvgIpc) is 2.76. The minimum absolute atomic E-state index is 1.19. The highest BCUT2D eigenvalue weighted by Crippen LogP contribution is 2.15. The zero-order chi connectivity index (χ0) is 21.8. The van der Waals surface area contributed by atoms with Gasteiger partial charge in [-0.15, -0.1) is 0 Å². The molecule has 0 aromatic carbocycles. The molecule has 0 saturated carbocycles. The van der Waals surface area contributed by atoms with Crippen LogP contribution in [0.2, 0.25) is 0 Å². The van der Waals surface area contributed by atoms with E-state index in [4.69, 9.17) is 0 Å². The van der Waals surface area contributed by atoms with E-state index in [0.29, 0.717) is 0 Å². The molecule has 0 bridgehead atoms. The molecule has 0 N–H and O–H groups in total. The first-order valence-corrected chi connectivity index (χ1v) is 14.6. The molecule has 180 valence electrons. The SMILES string of the molecule is CCC=CCCCCCCCCCCCCCCCCCCCCCCCCCC. The molecule has 0 unspecified atom stereocenters. The van der Waals surface area contributed by atoms with Crippen molar-refractivity contribution in [2.75, 3.05) is 0 Å². The Morgan fingerprint density at radius 3 is 0.833 bits per heavy atom. The van der Waals surface area contributed by atoms with Crippen molar-refractivity contribution < 1.29 is 0 Å². The van der Waals surface area contributed by atoms with Gasteiger partial charge in [0.05, 0.1) is 0 Å². The Balaban J connectivity index is 2.99. The van der Waals surface area contributed by atoms with Gasteiger partial charge in [0.2, 0.25) is 0 Å². The Morgan fingerprint density at radius 2 is 0.567 bits per heavy atom. The largest absolute Gasteiger partial charge is 0.0888 e. The van der Waals surface area contributed by atoms with E-state index in [1.54, 1.807) is 0 Å². The van der Waals surface area contributed by atoms with Crippen LogP contribution in [0.4, 0.5) is 0 Å². The van der Waals surface area contributed by atoms with Crippen LogP contribution < -0.4 is 0 Å². The lowest BCUT2D eigenvalue weighted by molar-refractivity contribution is 0.517. The van der Waals surface area contributed by atoms with Gasteiger partial charge in [-0.05, 0) is 19.3 Å². The maximum Gasteiger partial charge on any atom is -0.0351 e. The van der Waals surface area contributed by atoms with E-state index < -0.39 is 0 Å². The Bertz CT molecular complexity index is 303. The lowest BCUT2D eigenvalue weighted by Gasteiger charge is -2.04. The highest BCUT2D eigenvalue weighted by Gasteiger charge is 1.96. The van der Waals surface area contributed by atoms with Gasteiger partial charge in [-0.3, -0.25) is 0 Å². The number of hydrogen-bond donors (Lipinski definition) is 0. The van der Waals surface area contributed by atoms with Crippen LogP contribution in [-0.4, -0.2) is 0 Å². The first kappa shape index (κ1) is 29.7. The van der Waals surface area contributed by atoms with Crippen LogP contribution >= 0.6 is 0 Å². The molecular formula is C30H60. The maximum atomic E-state index is 2.36. The summed E-state index contributed by atoms with van der Waals surface area (Å²) in [5, 5.41) is 0. The quantitative estimate of drug-likeness (QED) is 0.0963. The van der Waals surface area contributed by atoms with Crippen molar-refractivity contribution in [1.82, 2.24) is 0 Å². The van der Waals surface area contributed by atoms with Gasteiger partial charge in [-0.1, -0.05) is 174 Å². The Kier molecular flexibility index (Phi) is 28.5. The monoisotopic (exact) mass is 420 g/mol. The third-order valence-electron chi connectivity index (χ3n) is 6.63. The molecule has 30 heavy (non-hydrogen) atoms. The van der Waals surface area contributed by atoms with Gasteiger partial charge in [0, 0.05) is 0 Å². The van der Waals surface area contributed by atoms with Crippen molar-refractivity contribution in [2.24, 2.45) is 0 Å². The highest BCUT2D eigenvalue weighted by atomic mass is 14.0. The molecule has 0 aliphatic carbocycles. The Hall–Kier alpha value is -0.260. The van der Waals surface area contributed by atoms with Gasteiger partial charge in [0.25, 0.3) is 0 Å². The topological polar surface area (TPSA) is 0 Å². The molecular weight excluding hydrogens is 360 g/mol. The van der Waals surface area contributed by atoms with Gasteiger partial charge in [0.15, 0.2) is 0 Å². The Labute approximate surface area is 193 Å². The van der Waals surface area contributed by atoms with E-state index >= 15 is 0 Å². The molecule has 0 aliphatic rings. The minimum atomic E-state index is 1.19. The van der Waals surface area contributed by atoms with Crippen molar-refractivity contribution in [2.45, 2.75) is 181 Å². The number of unbranched alkanes of at least 4 members (excludes halogenated alkanes) is 24. The summed E-state index contributed by atoms with van der Waals surface area (Å²) < 4.78 is 0. The van der Waals surface area contributed by atoms with Gasteiger partial charge < -0.3 is 0 Å². The summed E-state index contributed by atoms with van der Waals surface area (Å²) in [4.78, 5) is 0. The standard InChI is InChI=1S/C30H60/c1-3-5-7-9-11-13-15-17-19-21-23-25-27-29-30-28-26-24-22-20-18-16-14-12-10-8-6-4-2/h5,7H,3-4,6,8-30H2,1-2H3. The van der Waals surface area contributed by atoms with Crippen molar-refractivity contribution in [1.29, 1.82) is 0 Å². The molecule has 0 heterocycles. The van der Waals surface area contributed by atoms with Crippen molar-refractivity contribution in [3.63, 3.8) is 0 Å². The summed E-state index contributed by atoms with van der Waals surface area (Å²) in [6, 6.07) is 0. The second-order valence-corrected chi connectivity index (χ2v) is 9.80. The molecule has 0 rings (SSSR count). The van der Waals surface area contributed by atoms with E-state index in [9.17, 15) is 0 Å². The summed E-state index contributed by atoms with van der Waals surface area (Å²) in [5.41, 5.74) is 0. The van der Waals surface area contributed by atoms with E-state index in [2.05, 4.69) is 26.0 Å². The van der Waals surface area contributed by atoms with Gasteiger partial charge >= 0.3 is 0 Å². The molecule has 0 heteroatoms. The van der Waals surface area contributed by atoms with Crippen LogP contribution in [0.1, 0.15) is 181 Å². The van der Waals surface area contributed by atoms with Gasteiger partial charge in [-0.25, -0.2) is 0 Å². The van der Waals surface area contributed by atoms with Gasteiger partial charge in [-0.2, -0.15) is 0 Å². The summed E-state index contributed by atoms with van der Waals surface area (Å²) in [6.07, 6.45) is 42.5. The fraction of sp³-hybridized carbons (Fsp3) is 0.933. The summed E-state index contributed by atoms with van der Waals surface area (Å²) >= 11 is 0. The average molecular weight is 421 g/mol. The zero-order valence-electron chi connectivity index (χ0n) is 21.5. The third-order valence-corrected chi connectivity index (χ3v) is 6.63. The van der Waals surface area contributed by atoms with Crippen LogP contribution in [0.25, 0.3) is 0 Å². The second kappa shape index (κ2) is 28.7. The molecule has 0 fully saturated rings. The number of allylic oxidation sites excluding steroid dienone is 2. The fourth-order valence-corrected chi connectivity index (χ4v) is 4.51. The molecule has 0 spiro atoms. The smallest absolute Gasteiger partial charge is 0.0351 e. The lowest BCUT2D eigenvalue weighted by Crippen LogP contribution is -1.84. The third kappa shape index (κ3) is 27.7. The number of rotatable bonds is 26. The van der Waals surface area contributed by atoms with Crippen molar-refractivity contribution in [3.8, 4) is 0 Å². The van der Waals surface area contributed by atoms with Crippen LogP contribution in [0.15, 0.2) is 12.2 Å². The highest BCUT2D eigenvalue weighted by molar-refractivity contribution is 4.79. The van der Waals surface area contributed by atoms with Crippen molar-refractivity contribution >= 4 is 0 Å². The predicted octanol–water partition coefficient (Wildman–Crippen LogP) is 11.7. The minimum Gasteiger partial charge on any atom is -0.0888 e. The first-order valence-electron chi connectivity index (χ1n) is 14.6. The molecule has 0 amide bonds. The van der Waals surface area contributed by atoms with E-state index in [-0.39, 0.29) is 0 Å². The van der Waals surface area contributed by atoms with Crippen LogP contribution in [0.3, 0.4) is 0 Å². The summed E-state index contributed by atoms with van der Waals surface area (Å²) in [7, 11) is 0. The maximum absolute atomic E-state index is 2.36. The predicted molar refractivity (Wildman–Crippen MR) is 141 cm³/mol. The second-order valence-electron chi connectivity index (χ2n) is 9.80. The Morgan fingerprint density at radius 1 is 0.300 bits per heavy atom. The molecule has 0 aliphatic heterocycles. The lowest BCUT2D eigenvalue weighted by atomic mass is 10.0. The van der Waals surface area contributed by atoms with E-state index in [0.717, 1.165) is 0 Å². The number of hydrogen-bond acceptors (Lipinski definition) is 0. The summed E-state index contributed by atoms with van der Waals surface area (Å²) in [6.45, 7) is 4.52. The fourth-order valence-electron chi connectivity index (χ4n) is 4.51. The van der Waals surface area contributed by atoms with Crippen LogP contribution in [0, 0.1) is 0 Å². The molecule has 0 nitrogen and oxygen atoms in total. The van der Waals surface area contributed by atoms with Crippen LogP contribution in [0.5, 0.6) is 0 Å². The summed E-state index contributed by atoms with van der Waals surface area (Å²) in [5.74, 6) is 0. The van der Waals surface area contributed by atoms with E-state index in [1.165, 1.54) is 167 Å². The molecule has 0 atom stereocenters. The molecule has 0 aromatic rings. The first-order chi connectivity index (χ1) is 14.9. The molecule has 0 aromatic heterocycles. The van der Waals surface area contributed by atoms with Gasteiger partial charge in [0.1, 0.15) is 0 Å². The zero-order valence-corrected chi connectivity index (χ0v) is 21.5.